The van der Waals surface area contributed by atoms with Crippen LogP contribution in [0.4, 0.5) is 5.69 Å². The molecule has 218 valence electrons. The van der Waals surface area contributed by atoms with Gasteiger partial charge in [0.2, 0.25) is 5.91 Å². The first-order chi connectivity index (χ1) is 20.1. The Kier molecular flexibility index (Phi) is 9.60. The van der Waals surface area contributed by atoms with Crippen molar-refractivity contribution in [1.29, 1.82) is 0 Å². The molecule has 0 bridgehead atoms. The van der Waals surface area contributed by atoms with Crippen molar-refractivity contribution in [3.05, 3.63) is 129 Å². The van der Waals surface area contributed by atoms with Crippen molar-refractivity contribution in [1.82, 2.24) is 4.57 Å². The Hall–Kier alpha value is -4.69. The van der Waals surface area contributed by atoms with Gasteiger partial charge in [0.25, 0.3) is 5.56 Å². The van der Waals surface area contributed by atoms with Crippen LogP contribution in [0.1, 0.15) is 41.7 Å². The summed E-state index contributed by atoms with van der Waals surface area (Å²) in [7, 11) is 1.60. The summed E-state index contributed by atoms with van der Waals surface area (Å²) in [5.41, 5.74) is 9.40. The molecule has 1 amide bonds. The number of carbonyl (C=O) groups excluding carboxylic acids is 2. The van der Waals surface area contributed by atoms with Gasteiger partial charge in [0, 0.05) is 6.20 Å². The second-order valence-electron chi connectivity index (χ2n) is 10.8. The second kappa shape index (κ2) is 13.3. The number of nitrogens with one attached hydrogen (secondary N) is 1. The minimum absolute atomic E-state index is 0.206. The summed E-state index contributed by atoms with van der Waals surface area (Å²) in [4.78, 5) is 39.0. The smallest absolute Gasteiger partial charge is 0.316 e. The molecule has 0 radical (unpaired) electrons. The Bertz CT molecular complexity index is 1580. The molecule has 1 atom stereocenters. The standard InChI is InChI=1S/C34H37N3O5/c1-23-18-19-37(21-25-12-16-28(41-4)17-13-25)32(39)30(23)36-31(38)29(35)20-24-10-14-27(15-11-24)34(2,3)33(40)42-22-26-8-6-5-7-9-26/h5-19,29H,20-22,35H2,1-4H3,(H,36,38)/t29-/m0/s1. The van der Waals surface area contributed by atoms with Crippen molar-refractivity contribution in [2.45, 2.75) is 51.8 Å². The molecule has 0 saturated carbocycles. The molecule has 1 heterocycles. The fourth-order valence-corrected chi connectivity index (χ4v) is 4.51. The van der Waals surface area contributed by atoms with E-state index in [1.807, 2.05) is 92.7 Å². The van der Waals surface area contributed by atoms with E-state index in [9.17, 15) is 14.4 Å². The predicted octanol–water partition coefficient (Wildman–Crippen LogP) is 4.74. The van der Waals surface area contributed by atoms with E-state index in [2.05, 4.69) is 5.32 Å². The van der Waals surface area contributed by atoms with Crippen LogP contribution in [0.2, 0.25) is 0 Å². The third-order valence-electron chi connectivity index (χ3n) is 7.32. The van der Waals surface area contributed by atoms with Gasteiger partial charge in [-0.15, -0.1) is 0 Å². The number of esters is 1. The minimum atomic E-state index is -0.881. The molecule has 0 aliphatic rings. The second-order valence-corrected chi connectivity index (χ2v) is 10.8. The number of aryl methyl sites for hydroxylation is 1. The van der Waals surface area contributed by atoms with Gasteiger partial charge in [0.15, 0.2) is 0 Å². The van der Waals surface area contributed by atoms with Crippen molar-refractivity contribution in [3.63, 3.8) is 0 Å². The van der Waals surface area contributed by atoms with Crippen molar-refractivity contribution < 1.29 is 19.1 Å². The third-order valence-corrected chi connectivity index (χ3v) is 7.32. The maximum atomic E-state index is 13.2. The molecular weight excluding hydrogens is 530 g/mol. The van der Waals surface area contributed by atoms with Gasteiger partial charge in [0.05, 0.1) is 25.1 Å². The Morgan fingerprint density at radius 3 is 2.19 bits per heavy atom. The van der Waals surface area contributed by atoms with Gasteiger partial charge in [-0.3, -0.25) is 14.4 Å². The summed E-state index contributed by atoms with van der Waals surface area (Å²) in [5, 5.41) is 2.74. The number of rotatable bonds is 11. The number of nitrogens with two attached hydrogens (primary N) is 1. The first-order valence-corrected chi connectivity index (χ1v) is 13.8. The molecule has 8 heteroatoms. The Labute approximate surface area is 246 Å². The van der Waals surface area contributed by atoms with Crippen LogP contribution in [0.5, 0.6) is 5.75 Å². The first-order valence-electron chi connectivity index (χ1n) is 13.8. The largest absolute Gasteiger partial charge is 0.497 e. The van der Waals surface area contributed by atoms with Crippen LogP contribution < -0.4 is 21.3 Å². The number of methoxy groups -OCH3 is 1. The summed E-state index contributed by atoms with van der Waals surface area (Å²) in [5.74, 6) is -0.0472. The summed E-state index contributed by atoms with van der Waals surface area (Å²) in [6.45, 7) is 5.96. The normalized spacial score (nSPS) is 11.9. The molecule has 0 spiro atoms. The fourth-order valence-electron chi connectivity index (χ4n) is 4.51. The fraction of sp³-hybridized carbons (Fsp3) is 0.265. The number of anilines is 1. The molecule has 0 saturated heterocycles. The maximum Gasteiger partial charge on any atom is 0.316 e. The number of pyridine rings is 1. The quantitative estimate of drug-likeness (QED) is 0.253. The highest BCUT2D eigenvalue weighted by Gasteiger charge is 2.31. The highest BCUT2D eigenvalue weighted by atomic mass is 16.5. The first kappa shape index (κ1) is 30.3. The number of carbonyl (C=O) groups is 2. The highest BCUT2D eigenvalue weighted by molar-refractivity contribution is 5.95. The predicted molar refractivity (Wildman–Crippen MR) is 164 cm³/mol. The lowest BCUT2D eigenvalue weighted by Gasteiger charge is -2.23. The van der Waals surface area contributed by atoms with Crippen LogP contribution in [-0.2, 0) is 39.3 Å². The van der Waals surface area contributed by atoms with Crippen LogP contribution in [0.25, 0.3) is 0 Å². The number of nitrogens with zero attached hydrogens (tertiary/aromatic N) is 1. The lowest BCUT2D eigenvalue weighted by Crippen LogP contribution is -2.39. The van der Waals surface area contributed by atoms with Crippen molar-refractivity contribution in [3.8, 4) is 5.75 Å². The number of benzene rings is 3. The van der Waals surface area contributed by atoms with Crippen molar-refractivity contribution in [2.24, 2.45) is 5.73 Å². The molecule has 4 rings (SSSR count). The number of ether oxygens (including phenoxy) is 2. The van der Waals surface area contributed by atoms with Gasteiger partial charge in [-0.05, 0) is 73.2 Å². The Balaban J connectivity index is 1.38. The number of hydrogen-bond donors (Lipinski definition) is 2. The zero-order valence-electron chi connectivity index (χ0n) is 24.4. The molecule has 0 aliphatic heterocycles. The van der Waals surface area contributed by atoms with Gasteiger partial charge in [0.1, 0.15) is 18.0 Å². The Morgan fingerprint density at radius 1 is 0.905 bits per heavy atom. The van der Waals surface area contributed by atoms with Crippen LogP contribution in [-0.4, -0.2) is 29.6 Å². The van der Waals surface area contributed by atoms with Gasteiger partial charge in [-0.25, -0.2) is 0 Å². The topological polar surface area (TPSA) is 113 Å². The molecule has 0 unspecified atom stereocenters. The summed E-state index contributed by atoms with van der Waals surface area (Å²) >= 11 is 0. The maximum absolute atomic E-state index is 13.2. The molecule has 3 aromatic carbocycles. The van der Waals surface area contributed by atoms with E-state index in [0.29, 0.717) is 12.1 Å². The van der Waals surface area contributed by atoms with Crippen molar-refractivity contribution in [2.75, 3.05) is 12.4 Å². The molecule has 0 fully saturated rings. The highest BCUT2D eigenvalue weighted by Crippen LogP contribution is 2.26. The van der Waals surface area contributed by atoms with Gasteiger partial charge in [-0.2, -0.15) is 0 Å². The van der Waals surface area contributed by atoms with E-state index < -0.39 is 17.4 Å². The van der Waals surface area contributed by atoms with E-state index in [1.165, 1.54) is 0 Å². The lowest BCUT2D eigenvalue weighted by molar-refractivity contribution is -0.150. The molecule has 42 heavy (non-hydrogen) atoms. The summed E-state index contributed by atoms with van der Waals surface area (Å²) in [6, 6.07) is 25.3. The zero-order chi connectivity index (χ0) is 30.3. The summed E-state index contributed by atoms with van der Waals surface area (Å²) < 4.78 is 12.3. The van der Waals surface area contributed by atoms with E-state index in [0.717, 1.165) is 28.0 Å². The van der Waals surface area contributed by atoms with Gasteiger partial charge >= 0.3 is 5.97 Å². The third kappa shape index (κ3) is 7.33. The zero-order valence-corrected chi connectivity index (χ0v) is 24.4. The minimum Gasteiger partial charge on any atom is -0.497 e. The average Bonchev–Trinajstić information content (AvgIpc) is 3.00. The summed E-state index contributed by atoms with van der Waals surface area (Å²) in [6.07, 6.45) is 1.97. The lowest BCUT2D eigenvalue weighted by atomic mass is 9.84. The van der Waals surface area contributed by atoms with E-state index >= 15 is 0 Å². The number of aromatic nitrogens is 1. The van der Waals surface area contributed by atoms with Crippen molar-refractivity contribution >= 4 is 17.6 Å². The average molecular weight is 568 g/mol. The molecule has 0 aliphatic carbocycles. The van der Waals surface area contributed by atoms with Gasteiger partial charge in [-0.1, -0.05) is 66.7 Å². The SMILES string of the molecule is COc1ccc(Cn2ccc(C)c(NC(=O)[C@@H](N)Cc3ccc(C(C)(C)C(=O)OCc4ccccc4)cc3)c2=O)cc1. The molecule has 1 aromatic heterocycles. The molecule has 3 N–H and O–H groups in total. The van der Waals surface area contributed by atoms with Crippen LogP contribution >= 0.6 is 0 Å². The van der Waals surface area contributed by atoms with Crippen LogP contribution in [0, 0.1) is 6.92 Å². The molecular formula is C34H37N3O5. The Morgan fingerprint density at radius 2 is 1.55 bits per heavy atom. The number of hydrogen-bond acceptors (Lipinski definition) is 6. The van der Waals surface area contributed by atoms with Crippen LogP contribution in [0.3, 0.4) is 0 Å². The van der Waals surface area contributed by atoms with Gasteiger partial charge < -0.3 is 25.1 Å². The monoisotopic (exact) mass is 567 g/mol. The van der Waals surface area contributed by atoms with E-state index in [1.54, 1.807) is 30.9 Å². The van der Waals surface area contributed by atoms with E-state index in [4.69, 9.17) is 15.2 Å². The molecule has 8 nitrogen and oxygen atoms in total. The number of amides is 1. The van der Waals surface area contributed by atoms with E-state index in [-0.39, 0.29) is 30.2 Å². The molecule has 4 aromatic rings. The van der Waals surface area contributed by atoms with Crippen LogP contribution in [0.15, 0.2) is 95.9 Å².